The summed E-state index contributed by atoms with van der Waals surface area (Å²) in [6.45, 7) is 2.22. The standard InChI is InChI=1S/C16H24ClNO/c1-2-3-4-5-6-7-8-9-16(19)13-10-11-15(18)14(17)12-13/h10-12H,2-9,18H2,1H3. The van der Waals surface area contributed by atoms with Gasteiger partial charge in [0.05, 0.1) is 10.7 Å². The zero-order valence-electron chi connectivity index (χ0n) is 11.8. The van der Waals surface area contributed by atoms with Crippen molar-refractivity contribution in [2.75, 3.05) is 5.73 Å². The average molecular weight is 282 g/mol. The minimum absolute atomic E-state index is 0.162. The van der Waals surface area contributed by atoms with Crippen LogP contribution in [0.25, 0.3) is 0 Å². The van der Waals surface area contributed by atoms with E-state index in [-0.39, 0.29) is 5.78 Å². The summed E-state index contributed by atoms with van der Waals surface area (Å²) in [4.78, 5) is 11.9. The molecule has 0 aliphatic heterocycles. The van der Waals surface area contributed by atoms with Crippen molar-refractivity contribution in [1.29, 1.82) is 0 Å². The van der Waals surface area contributed by atoms with Crippen LogP contribution in [0.15, 0.2) is 18.2 Å². The number of Topliss-reactive ketones (excluding diaryl/α,β-unsaturated/α-hetero) is 1. The number of ketones is 1. The number of carbonyl (C=O) groups is 1. The molecule has 0 unspecified atom stereocenters. The van der Waals surface area contributed by atoms with Crippen molar-refractivity contribution in [3.63, 3.8) is 0 Å². The number of anilines is 1. The van der Waals surface area contributed by atoms with Crippen molar-refractivity contribution >= 4 is 23.1 Å². The fraction of sp³-hybridized carbons (Fsp3) is 0.562. The maximum atomic E-state index is 11.9. The molecule has 1 aromatic rings. The Morgan fingerprint density at radius 2 is 1.74 bits per heavy atom. The molecule has 0 saturated carbocycles. The second-order valence-electron chi connectivity index (χ2n) is 5.03. The van der Waals surface area contributed by atoms with E-state index in [1.165, 1.54) is 32.1 Å². The third-order valence-electron chi connectivity index (χ3n) is 3.33. The van der Waals surface area contributed by atoms with Gasteiger partial charge in [0.1, 0.15) is 0 Å². The first kappa shape index (κ1) is 16.0. The monoisotopic (exact) mass is 281 g/mol. The minimum Gasteiger partial charge on any atom is -0.398 e. The summed E-state index contributed by atoms with van der Waals surface area (Å²) in [5, 5.41) is 0.463. The Kier molecular flexibility index (Phi) is 7.57. The van der Waals surface area contributed by atoms with Gasteiger partial charge in [-0.3, -0.25) is 4.79 Å². The van der Waals surface area contributed by atoms with E-state index in [1.54, 1.807) is 18.2 Å². The van der Waals surface area contributed by atoms with Crippen LogP contribution in [0.1, 0.15) is 68.6 Å². The summed E-state index contributed by atoms with van der Waals surface area (Å²) >= 11 is 5.91. The quantitative estimate of drug-likeness (QED) is 0.382. The first-order chi connectivity index (χ1) is 9.15. The molecule has 106 valence electrons. The molecule has 0 aliphatic rings. The molecular formula is C16H24ClNO. The van der Waals surface area contributed by atoms with Crippen LogP contribution in [0.4, 0.5) is 5.69 Å². The Hall–Kier alpha value is -1.02. The van der Waals surface area contributed by atoms with Gasteiger partial charge in [0.15, 0.2) is 5.78 Å². The maximum Gasteiger partial charge on any atom is 0.162 e. The van der Waals surface area contributed by atoms with Gasteiger partial charge in [0.25, 0.3) is 0 Å². The van der Waals surface area contributed by atoms with E-state index in [4.69, 9.17) is 17.3 Å². The van der Waals surface area contributed by atoms with Crippen molar-refractivity contribution in [2.24, 2.45) is 0 Å². The maximum absolute atomic E-state index is 11.9. The van der Waals surface area contributed by atoms with Gasteiger partial charge >= 0.3 is 0 Å². The van der Waals surface area contributed by atoms with Crippen LogP contribution in [0.2, 0.25) is 5.02 Å². The Labute approximate surface area is 121 Å². The van der Waals surface area contributed by atoms with Crippen LogP contribution in [-0.4, -0.2) is 5.78 Å². The van der Waals surface area contributed by atoms with Gasteiger partial charge in [0.2, 0.25) is 0 Å². The van der Waals surface area contributed by atoms with E-state index in [1.807, 2.05) is 0 Å². The minimum atomic E-state index is 0.162. The molecule has 1 rings (SSSR count). The molecule has 2 N–H and O–H groups in total. The van der Waals surface area contributed by atoms with Crippen molar-refractivity contribution in [3.8, 4) is 0 Å². The molecular weight excluding hydrogens is 258 g/mol. The predicted molar refractivity (Wildman–Crippen MR) is 82.8 cm³/mol. The van der Waals surface area contributed by atoms with E-state index in [9.17, 15) is 4.79 Å². The molecule has 2 nitrogen and oxygen atoms in total. The SMILES string of the molecule is CCCCCCCCCC(=O)c1ccc(N)c(Cl)c1. The van der Waals surface area contributed by atoms with Crippen molar-refractivity contribution in [3.05, 3.63) is 28.8 Å². The molecule has 0 heterocycles. The number of rotatable bonds is 9. The van der Waals surface area contributed by atoms with Crippen LogP contribution in [0, 0.1) is 0 Å². The number of nitrogens with two attached hydrogens (primary N) is 1. The predicted octanol–water partition coefficient (Wildman–Crippen LogP) is 5.25. The van der Waals surface area contributed by atoms with Crippen LogP contribution in [0.5, 0.6) is 0 Å². The summed E-state index contributed by atoms with van der Waals surface area (Å²) in [5.41, 5.74) is 6.82. The molecule has 0 atom stereocenters. The summed E-state index contributed by atoms with van der Waals surface area (Å²) < 4.78 is 0. The number of nitrogen functional groups attached to an aromatic ring is 1. The second-order valence-corrected chi connectivity index (χ2v) is 5.44. The molecule has 0 bridgehead atoms. The van der Waals surface area contributed by atoms with Gasteiger partial charge in [-0.05, 0) is 24.6 Å². The first-order valence-corrected chi connectivity index (χ1v) is 7.61. The molecule has 19 heavy (non-hydrogen) atoms. The topological polar surface area (TPSA) is 43.1 Å². The number of halogens is 1. The highest BCUT2D eigenvalue weighted by atomic mass is 35.5. The molecule has 0 spiro atoms. The van der Waals surface area contributed by atoms with Crippen LogP contribution in [-0.2, 0) is 0 Å². The lowest BCUT2D eigenvalue weighted by molar-refractivity contribution is 0.0979. The van der Waals surface area contributed by atoms with Gasteiger partial charge in [-0.2, -0.15) is 0 Å². The lowest BCUT2D eigenvalue weighted by Gasteiger charge is -2.04. The molecule has 0 saturated heterocycles. The van der Waals surface area contributed by atoms with Crippen molar-refractivity contribution in [2.45, 2.75) is 58.3 Å². The Balaban J connectivity index is 2.22. The number of hydrogen-bond donors (Lipinski definition) is 1. The van der Waals surface area contributed by atoms with E-state index in [0.717, 1.165) is 12.8 Å². The van der Waals surface area contributed by atoms with Gasteiger partial charge in [-0.15, -0.1) is 0 Å². The first-order valence-electron chi connectivity index (χ1n) is 7.23. The molecule has 0 radical (unpaired) electrons. The third kappa shape index (κ3) is 6.11. The molecule has 0 aliphatic carbocycles. The fourth-order valence-corrected chi connectivity index (χ4v) is 2.27. The van der Waals surface area contributed by atoms with Crippen molar-refractivity contribution < 1.29 is 4.79 Å². The van der Waals surface area contributed by atoms with Gasteiger partial charge in [0, 0.05) is 12.0 Å². The highest BCUT2D eigenvalue weighted by Crippen LogP contribution is 2.21. The largest absolute Gasteiger partial charge is 0.398 e. The molecule has 1 aromatic carbocycles. The second kappa shape index (κ2) is 8.98. The zero-order chi connectivity index (χ0) is 14.1. The summed E-state index contributed by atoms with van der Waals surface area (Å²) in [6, 6.07) is 5.12. The molecule has 3 heteroatoms. The van der Waals surface area contributed by atoms with E-state index < -0.39 is 0 Å². The normalized spacial score (nSPS) is 10.6. The van der Waals surface area contributed by atoms with Crippen LogP contribution >= 0.6 is 11.6 Å². The van der Waals surface area contributed by atoms with Crippen LogP contribution in [0.3, 0.4) is 0 Å². The molecule has 0 aromatic heterocycles. The zero-order valence-corrected chi connectivity index (χ0v) is 12.5. The Morgan fingerprint density at radius 1 is 1.11 bits per heavy atom. The number of unbranched alkanes of at least 4 members (excludes halogenated alkanes) is 6. The lowest BCUT2D eigenvalue weighted by atomic mass is 10.0. The van der Waals surface area contributed by atoms with Crippen LogP contribution < -0.4 is 5.73 Å². The molecule has 0 fully saturated rings. The third-order valence-corrected chi connectivity index (χ3v) is 3.66. The average Bonchev–Trinajstić information content (AvgIpc) is 2.40. The van der Waals surface area contributed by atoms with Gasteiger partial charge in [-0.1, -0.05) is 57.0 Å². The number of benzene rings is 1. The van der Waals surface area contributed by atoms with E-state index in [0.29, 0.717) is 22.7 Å². The smallest absolute Gasteiger partial charge is 0.162 e. The summed E-state index contributed by atoms with van der Waals surface area (Å²) in [6.07, 6.45) is 9.14. The Bertz CT molecular complexity index is 404. The van der Waals surface area contributed by atoms with Crippen molar-refractivity contribution in [1.82, 2.24) is 0 Å². The molecule has 0 amide bonds. The van der Waals surface area contributed by atoms with E-state index >= 15 is 0 Å². The van der Waals surface area contributed by atoms with E-state index in [2.05, 4.69) is 6.92 Å². The lowest BCUT2D eigenvalue weighted by Crippen LogP contribution is -2.00. The summed E-state index contributed by atoms with van der Waals surface area (Å²) in [7, 11) is 0. The number of carbonyl (C=O) groups excluding carboxylic acids is 1. The fourth-order valence-electron chi connectivity index (χ4n) is 2.09. The summed E-state index contributed by atoms with van der Waals surface area (Å²) in [5.74, 6) is 0.162. The highest BCUT2D eigenvalue weighted by molar-refractivity contribution is 6.33. The number of hydrogen-bond acceptors (Lipinski definition) is 2. The highest BCUT2D eigenvalue weighted by Gasteiger charge is 2.07. The van der Waals surface area contributed by atoms with Gasteiger partial charge in [-0.25, -0.2) is 0 Å². The van der Waals surface area contributed by atoms with Gasteiger partial charge < -0.3 is 5.73 Å². The Morgan fingerprint density at radius 3 is 2.37 bits per heavy atom.